The molecule has 0 amide bonds. The quantitative estimate of drug-likeness (QED) is 0.464. The Morgan fingerprint density at radius 2 is 2.39 bits per heavy atom. The first-order valence-corrected chi connectivity index (χ1v) is 8.63. The number of aliphatic imine (C=N–C) groups is 1. The molecule has 1 aliphatic heterocycles. The van der Waals surface area contributed by atoms with Gasteiger partial charge in [-0.25, -0.2) is 0 Å². The molecule has 0 spiro atoms. The van der Waals surface area contributed by atoms with E-state index in [-0.39, 0.29) is 0 Å². The Kier molecular flexibility index (Phi) is 7.32. The highest BCUT2D eigenvalue weighted by molar-refractivity contribution is 5.80. The van der Waals surface area contributed by atoms with Crippen LogP contribution in [0.15, 0.2) is 11.3 Å². The summed E-state index contributed by atoms with van der Waals surface area (Å²) in [6.45, 7) is 9.58. The molecule has 1 aromatic heterocycles. The monoisotopic (exact) mass is 322 g/mol. The number of ether oxygens (including phenoxy) is 1. The van der Waals surface area contributed by atoms with Crippen LogP contribution in [0.3, 0.4) is 0 Å². The predicted molar refractivity (Wildman–Crippen MR) is 91.6 cm³/mol. The normalized spacial score (nSPS) is 19.2. The van der Waals surface area contributed by atoms with Gasteiger partial charge in [-0.15, -0.1) is 10.2 Å². The summed E-state index contributed by atoms with van der Waals surface area (Å²) in [6, 6.07) is 0. The lowest BCUT2D eigenvalue weighted by Crippen LogP contribution is -2.47. The molecular weight excluding hydrogens is 292 g/mol. The Morgan fingerprint density at radius 1 is 1.52 bits per heavy atom. The summed E-state index contributed by atoms with van der Waals surface area (Å²) in [4.78, 5) is 7.07. The molecule has 0 saturated carbocycles. The first-order valence-electron chi connectivity index (χ1n) is 8.63. The topological polar surface area (TPSA) is 67.6 Å². The molecule has 1 fully saturated rings. The molecule has 1 atom stereocenters. The maximum Gasteiger partial charge on any atom is 0.194 e. The van der Waals surface area contributed by atoms with Gasteiger partial charge in [-0.2, -0.15) is 0 Å². The number of guanidine groups is 1. The van der Waals surface area contributed by atoms with Crippen molar-refractivity contribution in [2.75, 3.05) is 39.9 Å². The largest absolute Gasteiger partial charge is 0.383 e. The van der Waals surface area contributed by atoms with E-state index in [1.165, 1.54) is 12.8 Å². The van der Waals surface area contributed by atoms with Crippen molar-refractivity contribution < 1.29 is 4.74 Å². The van der Waals surface area contributed by atoms with Crippen molar-refractivity contribution in [3.63, 3.8) is 0 Å². The molecule has 7 nitrogen and oxygen atoms in total. The zero-order valence-corrected chi connectivity index (χ0v) is 14.7. The summed E-state index contributed by atoms with van der Waals surface area (Å²) in [5.41, 5.74) is 0. The molecular formula is C16H30N6O. The minimum Gasteiger partial charge on any atom is -0.383 e. The van der Waals surface area contributed by atoms with E-state index in [4.69, 9.17) is 9.73 Å². The fraction of sp³-hybridized carbons (Fsp3) is 0.812. The van der Waals surface area contributed by atoms with Crippen LogP contribution >= 0.6 is 0 Å². The molecule has 23 heavy (non-hydrogen) atoms. The Hall–Kier alpha value is -1.63. The fourth-order valence-corrected chi connectivity index (χ4v) is 2.92. The summed E-state index contributed by atoms with van der Waals surface area (Å²) < 4.78 is 7.22. The number of likely N-dealkylation sites (tertiary alicyclic amines) is 1. The summed E-state index contributed by atoms with van der Waals surface area (Å²) in [6.07, 6.45) is 5.24. The van der Waals surface area contributed by atoms with Crippen molar-refractivity contribution in [1.82, 2.24) is 25.0 Å². The van der Waals surface area contributed by atoms with E-state index in [9.17, 15) is 0 Å². The number of hydrogen-bond donors (Lipinski definition) is 1. The van der Waals surface area contributed by atoms with Gasteiger partial charge < -0.3 is 19.5 Å². The van der Waals surface area contributed by atoms with E-state index in [1.807, 2.05) is 0 Å². The minimum atomic E-state index is 0.653. The molecule has 1 N–H and O–H groups in total. The van der Waals surface area contributed by atoms with Crippen molar-refractivity contribution in [3.8, 4) is 0 Å². The van der Waals surface area contributed by atoms with Gasteiger partial charge in [-0.1, -0.05) is 13.8 Å². The number of aromatic nitrogens is 3. The summed E-state index contributed by atoms with van der Waals surface area (Å²) in [5.74, 6) is 2.75. The third-order valence-electron chi connectivity index (χ3n) is 4.16. The smallest absolute Gasteiger partial charge is 0.194 e. The van der Waals surface area contributed by atoms with Crippen LogP contribution in [0.25, 0.3) is 0 Å². The van der Waals surface area contributed by atoms with Crippen molar-refractivity contribution in [1.29, 1.82) is 0 Å². The Labute approximate surface area is 139 Å². The molecule has 1 unspecified atom stereocenters. The molecule has 1 saturated heterocycles. The van der Waals surface area contributed by atoms with E-state index in [1.54, 1.807) is 13.4 Å². The van der Waals surface area contributed by atoms with Gasteiger partial charge >= 0.3 is 0 Å². The number of nitrogens with one attached hydrogen (secondary N) is 1. The molecule has 1 aliphatic rings. The lowest BCUT2D eigenvalue weighted by Gasteiger charge is -2.33. The second kappa shape index (κ2) is 9.50. The van der Waals surface area contributed by atoms with Gasteiger partial charge in [0.25, 0.3) is 0 Å². The van der Waals surface area contributed by atoms with Crippen molar-refractivity contribution in [2.45, 2.75) is 39.7 Å². The SMILES string of the molecule is CCc1nncn1CCNC(=NCCOC)N1CCCC(C)C1. The Bertz CT molecular complexity index is 487. The van der Waals surface area contributed by atoms with Crippen LogP contribution in [0.4, 0.5) is 0 Å². The molecule has 130 valence electrons. The van der Waals surface area contributed by atoms with Crippen LogP contribution in [0.1, 0.15) is 32.5 Å². The maximum absolute atomic E-state index is 5.12. The number of rotatable bonds is 7. The van der Waals surface area contributed by atoms with Gasteiger partial charge in [-0.05, 0) is 18.8 Å². The third kappa shape index (κ3) is 5.49. The molecule has 0 aromatic carbocycles. The lowest BCUT2D eigenvalue weighted by atomic mass is 10.0. The Balaban J connectivity index is 1.90. The zero-order chi connectivity index (χ0) is 16.5. The van der Waals surface area contributed by atoms with Crippen LogP contribution in [-0.4, -0.2) is 65.5 Å². The molecule has 0 aliphatic carbocycles. The van der Waals surface area contributed by atoms with Gasteiger partial charge in [0.15, 0.2) is 5.96 Å². The van der Waals surface area contributed by atoms with E-state index in [2.05, 4.69) is 38.8 Å². The zero-order valence-electron chi connectivity index (χ0n) is 14.7. The third-order valence-corrected chi connectivity index (χ3v) is 4.16. The summed E-state index contributed by atoms with van der Waals surface area (Å²) in [7, 11) is 1.71. The average Bonchev–Trinajstić information content (AvgIpc) is 3.01. The molecule has 1 aromatic rings. The van der Waals surface area contributed by atoms with Gasteiger partial charge in [0.2, 0.25) is 0 Å². The molecule has 0 radical (unpaired) electrons. The summed E-state index contributed by atoms with van der Waals surface area (Å²) in [5, 5.41) is 11.6. The molecule has 0 bridgehead atoms. The number of nitrogens with zero attached hydrogens (tertiary/aromatic N) is 5. The highest BCUT2D eigenvalue weighted by atomic mass is 16.5. The van der Waals surface area contributed by atoms with E-state index in [0.717, 1.165) is 50.3 Å². The van der Waals surface area contributed by atoms with Crippen LogP contribution < -0.4 is 5.32 Å². The van der Waals surface area contributed by atoms with Gasteiger partial charge in [-0.3, -0.25) is 4.99 Å². The second-order valence-corrected chi connectivity index (χ2v) is 6.11. The van der Waals surface area contributed by atoms with Crippen molar-refractivity contribution in [2.24, 2.45) is 10.9 Å². The second-order valence-electron chi connectivity index (χ2n) is 6.11. The standard InChI is InChI=1S/C16H30N6O/c1-4-15-20-19-13-22(15)10-7-17-16(18-8-11-23-3)21-9-5-6-14(2)12-21/h13-14H,4-12H2,1-3H3,(H,17,18). The first kappa shape index (κ1) is 17.7. The van der Waals surface area contributed by atoms with E-state index < -0.39 is 0 Å². The van der Waals surface area contributed by atoms with E-state index >= 15 is 0 Å². The van der Waals surface area contributed by atoms with Crippen LogP contribution in [0.2, 0.25) is 0 Å². The molecule has 2 rings (SSSR count). The number of piperidine rings is 1. The van der Waals surface area contributed by atoms with Gasteiger partial charge in [0, 0.05) is 39.7 Å². The predicted octanol–water partition coefficient (Wildman–Crippen LogP) is 1.16. The average molecular weight is 322 g/mol. The molecule has 2 heterocycles. The minimum absolute atomic E-state index is 0.653. The van der Waals surface area contributed by atoms with Crippen molar-refractivity contribution >= 4 is 5.96 Å². The number of hydrogen-bond acceptors (Lipinski definition) is 4. The van der Waals surface area contributed by atoms with E-state index in [0.29, 0.717) is 13.2 Å². The highest BCUT2D eigenvalue weighted by Crippen LogP contribution is 2.15. The number of methoxy groups -OCH3 is 1. The number of aryl methyl sites for hydroxylation is 1. The highest BCUT2D eigenvalue weighted by Gasteiger charge is 2.19. The van der Waals surface area contributed by atoms with Crippen LogP contribution in [0.5, 0.6) is 0 Å². The molecule has 7 heteroatoms. The van der Waals surface area contributed by atoms with Gasteiger partial charge in [0.05, 0.1) is 13.2 Å². The van der Waals surface area contributed by atoms with Gasteiger partial charge in [0.1, 0.15) is 12.2 Å². The van der Waals surface area contributed by atoms with Crippen molar-refractivity contribution in [3.05, 3.63) is 12.2 Å². The maximum atomic E-state index is 5.12. The lowest BCUT2D eigenvalue weighted by molar-refractivity contribution is 0.206. The summed E-state index contributed by atoms with van der Waals surface area (Å²) >= 11 is 0. The first-order chi connectivity index (χ1) is 11.2. The fourth-order valence-electron chi connectivity index (χ4n) is 2.92. The van der Waals surface area contributed by atoms with Crippen LogP contribution in [0, 0.1) is 5.92 Å². The van der Waals surface area contributed by atoms with Crippen LogP contribution in [-0.2, 0) is 17.7 Å². The Morgan fingerprint density at radius 3 is 3.13 bits per heavy atom.